The predicted molar refractivity (Wildman–Crippen MR) is 137 cm³/mol. The quantitative estimate of drug-likeness (QED) is 0.302. The maximum absolute atomic E-state index is 14.2. The minimum atomic E-state index is -4.81. The molecule has 0 aliphatic carbocycles. The molecule has 1 heterocycles. The highest BCUT2D eigenvalue weighted by molar-refractivity contribution is 6.34. The van der Waals surface area contributed by atoms with E-state index in [0.29, 0.717) is 16.3 Å². The van der Waals surface area contributed by atoms with Crippen LogP contribution in [0.4, 0.5) is 18.9 Å². The number of benzene rings is 3. The van der Waals surface area contributed by atoms with E-state index in [1.165, 1.54) is 30.3 Å². The second-order valence-electron chi connectivity index (χ2n) is 8.05. The Balaban J connectivity index is 1.52. The minimum Gasteiger partial charge on any atom is -0.376 e. The molecule has 1 aliphatic rings. The highest BCUT2D eigenvalue weighted by Crippen LogP contribution is 2.49. The number of alkyl halides is 3. The number of anilines is 1. The number of oxime groups is 1. The first-order chi connectivity index (χ1) is 17.1. The molecule has 0 radical (unpaired) electrons. The Morgan fingerprint density at radius 3 is 2.39 bits per heavy atom. The van der Waals surface area contributed by atoms with E-state index in [1.807, 2.05) is 30.3 Å². The molecule has 0 amide bonds. The number of rotatable bonds is 7. The monoisotopic (exact) mass is 552 g/mol. The van der Waals surface area contributed by atoms with Gasteiger partial charge in [-0.15, -0.1) is 0 Å². The zero-order valence-electron chi connectivity index (χ0n) is 18.5. The van der Waals surface area contributed by atoms with Crippen LogP contribution in [0.2, 0.25) is 15.1 Å². The number of nitrogens with one attached hydrogen (secondary N) is 1. The average Bonchev–Trinajstić information content (AvgIpc) is 3.29. The summed E-state index contributed by atoms with van der Waals surface area (Å²) in [7, 11) is 0. The van der Waals surface area contributed by atoms with Gasteiger partial charge in [0.15, 0.2) is 5.78 Å². The fourth-order valence-electron chi connectivity index (χ4n) is 3.68. The molecule has 0 fully saturated rings. The van der Waals surface area contributed by atoms with Gasteiger partial charge in [-0.05, 0) is 42.0 Å². The predicted octanol–water partition coefficient (Wildman–Crippen LogP) is 7.92. The molecule has 3 aromatic rings. The van der Waals surface area contributed by atoms with Gasteiger partial charge in [0.25, 0.3) is 5.60 Å². The maximum Gasteiger partial charge on any atom is 0.435 e. The Bertz CT molecular complexity index is 1320. The van der Waals surface area contributed by atoms with Crippen molar-refractivity contribution in [2.75, 3.05) is 11.9 Å². The Morgan fingerprint density at radius 2 is 1.72 bits per heavy atom. The minimum absolute atomic E-state index is 0.0436. The zero-order chi connectivity index (χ0) is 25.9. The standard InChI is InChI=1S/C26H18Cl3F3N2O2/c27-19-11-18(12-20(28)13-19)25(26(30,31)32)14-24(34-36-25)17-7-9-22(29)23(10-17)33-15-21(35)8-6-16-4-2-1-3-5-16/h1-13,33H,14-15H2/b8-6+. The van der Waals surface area contributed by atoms with Gasteiger partial charge in [0.05, 0.1) is 23.0 Å². The van der Waals surface area contributed by atoms with Gasteiger partial charge in [0.2, 0.25) is 0 Å². The average molecular weight is 554 g/mol. The van der Waals surface area contributed by atoms with Crippen LogP contribution < -0.4 is 5.32 Å². The van der Waals surface area contributed by atoms with Crippen molar-refractivity contribution in [3.63, 3.8) is 0 Å². The molecule has 1 aliphatic heterocycles. The number of halogens is 6. The summed E-state index contributed by atoms with van der Waals surface area (Å²) in [5.41, 5.74) is -1.35. The number of hydrogen-bond donors (Lipinski definition) is 1. The van der Waals surface area contributed by atoms with Crippen molar-refractivity contribution in [2.24, 2.45) is 5.16 Å². The van der Waals surface area contributed by atoms with E-state index in [0.717, 1.165) is 17.7 Å². The third-order valence-corrected chi connectivity index (χ3v) is 6.29. The normalized spacial score (nSPS) is 17.7. The van der Waals surface area contributed by atoms with Gasteiger partial charge in [-0.2, -0.15) is 13.2 Å². The molecule has 4 rings (SSSR count). The Morgan fingerprint density at radius 1 is 1.03 bits per heavy atom. The fourth-order valence-corrected chi connectivity index (χ4v) is 4.39. The Labute approximate surface area is 220 Å². The van der Waals surface area contributed by atoms with Gasteiger partial charge in [-0.1, -0.05) is 82.4 Å². The molecular weight excluding hydrogens is 536 g/mol. The summed E-state index contributed by atoms with van der Waals surface area (Å²) in [5, 5.41) is 7.06. The van der Waals surface area contributed by atoms with Crippen molar-refractivity contribution in [3.05, 3.63) is 105 Å². The number of hydrogen-bond acceptors (Lipinski definition) is 4. The van der Waals surface area contributed by atoms with Gasteiger partial charge >= 0.3 is 6.18 Å². The molecule has 4 nitrogen and oxygen atoms in total. The molecule has 0 spiro atoms. The maximum atomic E-state index is 14.2. The number of carbonyl (C=O) groups is 1. The molecule has 0 bridgehead atoms. The third kappa shape index (κ3) is 5.69. The van der Waals surface area contributed by atoms with Crippen LogP contribution >= 0.6 is 34.8 Å². The van der Waals surface area contributed by atoms with Gasteiger partial charge in [0, 0.05) is 27.6 Å². The van der Waals surface area contributed by atoms with Crippen molar-refractivity contribution >= 4 is 58.1 Å². The van der Waals surface area contributed by atoms with E-state index < -0.39 is 18.2 Å². The molecule has 0 saturated carbocycles. The van der Waals surface area contributed by atoms with E-state index in [1.54, 1.807) is 6.08 Å². The molecular formula is C26H18Cl3F3N2O2. The second-order valence-corrected chi connectivity index (χ2v) is 9.33. The summed E-state index contributed by atoms with van der Waals surface area (Å²) in [5.74, 6) is -0.212. The molecule has 1 atom stereocenters. The summed E-state index contributed by atoms with van der Waals surface area (Å²) in [6, 6.07) is 17.5. The van der Waals surface area contributed by atoms with E-state index in [2.05, 4.69) is 10.5 Å². The largest absolute Gasteiger partial charge is 0.435 e. The van der Waals surface area contributed by atoms with Gasteiger partial charge in [0.1, 0.15) is 0 Å². The van der Waals surface area contributed by atoms with Crippen LogP contribution in [0, 0.1) is 0 Å². The lowest BCUT2D eigenvalue weighted by molar-refractivity contribution is -0.275. The van der Waals surface area contributed by atoms with Crippen molar-refractivity contribution in [2.45, 2.75) is 18.2 Å². The first kappa shape index (κ1) is 26.1. The van der Waals surface area contributed by atoms with Crippen molar-refractivity contribution in [1.82, 2.24) is 0 Å². The van der Waals surface area contributed by atoms with Crippen LogP contribution in [0.1, 0.15) is 23.1 Å². The first-order valence-electron chi connectivity index (χ1n) is 10.7. The molecule has 36 heavy (non-hydrogen) atoms. The lowest BCUT2D eigenvalue weighted by atomic mass is 9.86. The van der Waals surface area contributed by atoms with Crippen LogP contribution in [0.15, 0.2) is 78.0 Å². The van der Waals surface area contributed by atoms with Gasteiger partial charge in [-0.3, -0.25) is 4.79 Å². The second kappa shape index (κ2) is 10.5. The van der Waals surface area contributed by atoms with Gasteiger partial charge in [-0.25, -0.2) is 0 Å². The highest BCUT2D eigenvalue weighted by Gasteiger charge is 2.62. The summed E-state index contributed by atoms with van der Waals surface area (Å²) < 4.78 is 42.7. The Kier molecular flexibility index (Phi) is 7.64. The van der Waals surface area contributed by atoms with Gasteiger partial charge < -0.3 is 10.2 Å². The lowest BCUT2D eigenvalue weighted by Gasteiger charge is -2.29. The smallest absolute Gasteiger partial charge is 0.376 e. The van der Waals surface area contributed by atoms with Crippen LogP contribution in [-0.2, 0) is 15.2 Å². The van der Waals surface area contributed by atoms with Crippen LogP contribution in [0.3, 0.4) is 0 Å². The summed E-state index contributed by atoms with van der Waals surface area (Å²) in [6.45, 7) is -0.0665. The molecule has 1 N–H and O–H groups in total. The van der Waals surface area contributed by atoms with Crippen LogP contribution in [0.25, 0.3) is 6.08 Å². The number of ketones is 1. The topological polar surface area (TPSA) is 50.7 Å². The summed E-state index contributed by atoms with van der Waals surface area (Å²) in [4.78, 5) is 17.3. The third-order valence-electron chi connectivity index (χ3n) is 5.53. The molecule has 1 unspecified atom stereocenters. The van der Waals surface area contributed by atoms with E-state index in [9.17, 15) is 18.0 Å². The first-order valence-corrected chi connectivity index (χ1v) is 11.8. The van der Waals surface area contributed by atoms with Crippen LogP contribution in [-0.4, -0.2) is 24.2 Å². The SMILES string of the molecule is O=C(/C=C/c1ccccc1)CNc1cc(C2=NOC(c3cc(Cl)cc(Cl)c3)(C(F)(F)F)C2)ccc1Cl. The van der Waals surface area contributed by atoms with Crippen molar-refractivity contribution in [3.8, 4) is 0 Å². The molecule has 0 saturated heterocycles. The van der Waals surface area contributed by atoms with E-state index in [4.69, 9.17) is 39.6 Å². The zero-order valence-corrected chi connectivity index (χ0v) is 20.7. The Hall–Kier alpha value is -3.00. The van der Waals surface area contributed by atoms with E-state index >= 15 is 0 Å². The molecule has 10 heteroatoms. The lowest BCUT2D eigenvalue weighted by Crippen LogP contribution is -2.42. The number of nitrogens with zero attached hydrogens (tertiary/aromatic N) is 1. The summed E-state index contributed by atoms with van der Waals surface area (Å²) in [6.07, 6.45) is -2.29. The molecule has 0 aromatic heterocycles. The number of carbonyl (C=O) groups excluding carboxylic acids is 1. The highest BCUT2D eigenvalue weighted by atomic mass is 35.5. The van der Waals surface area contributed by atoms with Crippen molar-refractivity contribution < 1.29 is 22.8 Å². The van der Waals surface area contributed by atoms with E-state index in [-0.39, 0.29) is 33.6 Å². The molecule has 3 aromatic carbocycles. The fraction of sp³-hybridized carbons (Fsp3) is 0.154. The summed E-state index contributed by atoms with van der Waals surface area (Å²) >= 11 is 18.1. The molecule has 186 valence electrons. The van der Waals surface area contributed by atoms with Crippen LogP contribution in [0.5, 0.6) is 0 Å². The van der Waals surface area contributed by atoms with Crippen molar-refractivity contribution in [1.29, 1.82) is 0 Å².